The maximum atomic E-state index is 13.6. The molecule has 0 fully saturated rings. The first-order chi connectivity index (χ1) is 9.74. The average molecular weight is 270 g/mol. The maximum absolute atomic E-state index is 13.6. The van der Waals surface area contributed by atoms with Crippen molar-refractivity contribution in [1.82, 2.24) is 20.5 Å². The molecule has 0 radical (unpaired) electrons. The number of nitrogens with one attached hydrogen (secondary N) is 2. The molecule has 1 atom stereocenters. The van der Waals surface area contributed by atoms with Crippen LogP contribution in [0.2, 0.25) is 0 Å². The molecule has 20 heavy (non-hydrogen) atoms. The van der Waals surface area contributed by atoms with Gasteiger partial charge in [-0.05, 0) is 30.7 Å². The number of H-pyrrole nitrogens is 1. The van der Waals surface area contributed by atoms with Gasteiger partial charge in [-0.25, -0.2) is 4.39 Å². The summed E-state index contributed by atoms with van der Waals surface area (Å²) in [5, 5.41) is 11.3. The van der Waals surface area contributed by atoms with Crippen LogP contribution in [0.15, 0.2) is 42.7 Å². The monoisotopic (exact) mass is 270 g/mol. The van der Waals surface area contributed by atoms with E-state index in [9.17, 15) is 4.39 Å². The fourth-order valence-electron chi connectivity index (χ4n) is 2.18. The van der Waals surface area contributed by atoms with E-state index in [1.165, 1.54) is 6.07 Å². The third kappa shape index (κ3) is 2.53. The lowest BCUT2D eigenvalue weighted by Crippen LogP contribution is -2.20. The fraction of sp³-hybridized carbons (Fsp3) is 0.200. The highest BCUT2D eigenvalue weighted by Crippen LogP contribution is 2.16. The standard InChI is InChI=1S/C15H15FN4/c1-10(15-13(16)3-2-6-17-15)18-8-11-4-5-12-9-19-20-14(12)7-11/h2-7,9-10,18H,8H2,1H3,(H,19,20). The summed E-state index contributed by atoms with van der Waals surface area (Å²) in [5.41, 5.74) is 2.56. The number of hydrogen-bond donors (Lipinski definition) is 2. The van der Waals surface area contributed by atoms with Crippen LogP contribution in [0, 0.1) is 5.82 Å². The van der Waals surface area contributed by atoms with Gasteiger partial charge in [0.1, 0.15) is 5.82 Å². The quantitative estimate of drug-likeness (QED) is 0.766. The van der Waals surface area contributed by atoms with Gasteiger partial charge in [0.25, 0.3) is 0 Å². The maximum Gasteiger partial charge on any atom is 0.146 e. The zero-order valence-electron chi connectivity index (χ0n) is 11.1. The van der Waals surface area contributed by atoms with Crippen molar-refractivity contribution in [1.29, 1.82) is 0 Å². The summed E-state index contributed by atoms with van der Waals surface area (Å²) in [5.74, 6) is -0.281. The van der Waals surface area contributed by atoms with Crippen molar-refractivity contribution in [3.63, 3.8) is 0 Å². The minimum absolute atomic E-state index is 0.145. The van der Waals surface area contributed by atoms with Crippen molar-refractivity contribution in [2.24, 2.45) is 0 Å². The van der Waals surface area contributed by atoms with Crippen molar-refractivity contribution in [3.8, 4) is 0 Å². The average Bonchev–Trinajstić information content (AvgIpc) is 2.92. The SMILES string of the molecule is CC(NCc1ccc2cn[nH]c2c1)c1ncccc1F. The zero-order valence-corrected chi connectivity index (χ0v) is 11.1. The largest absolute Gasteiger partial charge is 0.305 e. The second kappa shape index (κ2) is 5.38. The number of benzene rings is 1. The highest BCUT2D eigenvalue weighted by atomic mass is 19.1. The molecule has 0 saturated heterocycles. The minimum atomic E-state index is -0.281. The molecule has 2 N–H and O–H groups in total. The summed E-state index contributed by atoms with van der Waals surface area (Å²) in [4.78, 5) is 4.08. The molecule has 102 valence electrons. The van der Waals surface area contributed by atoms with Crippen LogP contribution in [-0.2, 0) is 6.54 Å². The lowest BCUT2D eigenvalue weighted by molar-refractivity contribution is 0.512. The van der Waals surface area contributed by atoms with Crippen LogP contribution in [0.1, 0.15) is 24.2 Å². The Morgan fingerprint density at radius 1 is 1.35 bits per heavy atom. The minimum Gasteiger partial charge on any atom is -0.305 e. The fourth-order valence-corrected chi connectivity index (χ4v) is 2.18. The van der Waals surface area contributed by atoms with Crippen LogP contribution < -0.4 is 5.32 Å². The van der Waals surface area contributed by atoms with Crippen LogP contribution >= 0.6 is 0 Å². The number of pyridine rings is 1. The number of halogens is 1. The zero-order chi connectivity index (χ0) is 13.9. The Hall–Kier alpha value is -2.27. The number of nitrogens with zero attached hydrogens (tertiary/aromatic N) is 2. The number of hydrogen-bond acceptors (Lipinski definition) is 3. The highest BCUT2D eigenvalue weighted by molar-refractivity contribution is 5.78. The predicted octanol–water partition coefficient (Wildman–Crippen LogP) is 2.95. The van der Waals surface area contributed by atoms with Crippen LogP contribution in [0.4, 0.5) is 4.39 Å². The molecule has 0 amide bonds. The number of aromatic nitrogens is 3. The third-order valence-electron chi connectivity index (χ3n) is 3.32. The molecule has 3 aromatic rings. The molecule has 0 bridgehead atoms. The van der Waals surface area contributed by atoms with Crippen molar-refractivity contribution in [2.75, 3.05) is 0 Å². The summed E-state index contributed by atoms with van der Waals surface area (Å²) >= 11 is 0. The lowest BCUT2D eigenvalue weighted by Gasteiger charge is -2.14. The Bertz CT molecular complexity index is 722. The molecule has 2 aromatic heterocycles. The number of fused-ring (bicyclic) bond motifs is 1. The highest BCUT2D eigenvalue weighted by Gasteiger charge is 2.11. The van der Waals surface area contributed by atoms with Crippen LogP contribution in [0.5, 0.6) is 0 Å². The molecule has 0 aliphatic heterocycles. The van der Waals surface area contributed by atoms with Gasteiger partial charge in [0.15, 0.2) is 0 Å². The van der Waals surface area contributed by atoms with Gasteiger partial charge in [0.2, 0.25) is 0 Å². The van der Waals surface area contributed by atoms with E-state index in [0.29, 0.717) is 12.2 Å². The van der Waals surface area contributed by atoms with Gasteiger partial charge in [0.05, 0.1) is 17.4 Å². The third-order valence-corrected chi connectivity index (χ3v) is 3.32. The van der Waals surface area contributed by atoms with Crippen molar-refractivity contribution >= 4 is 10.9 Å². The first-order valence-corrected chi connectivity index (χ1v) is 6.50. The predicted molar refractivity (Wildman–Crippen MR) is 75.5 cm³/mol. The molecular formula is C15H15FN4. The molecule has 3 rings (SSSR count). The summed E-state index contributed by atoms with van der Waals surface area (Å²) in [7, 11) is 0. The van der Waals surface area contributed by atoms with E-state index in [4.69, 9.17) is 0 Å². The second-order valence-corrected chi connectivity index (χ2v) is 4.76. The number of aromatic amines is 1. The Kier molecular flexibility index (Phi) is 3.43. The second-order valence-electron chi connectivity index (χ2n) is 4.76. The van der Waals surface area contributed by atoms with Gasteiger partial charge in [-0.2, -0.15) is 5.10 Å². The van der Waals surface area contributed by atoms with Gasteiger partial charge in [0, 0.05) is 24.2 Å². The molecule has 0 saturated carbocycles. The Morgan fingerprint density at radius 3 is 3.10 bits per heavy atom. The van der Waals surface area contributed by atoms with Crippen LogP contribution in [-0.4, -0.2) is 15.2 Å². The lowest BCUT2D eigenvalue weighted by atomic mass is 10.1. The normalized spacial score (nSPS) is 12.7. The molecule has 1 aromatic carbocycles. The Balaban J connectivity index is 1.71. The van der Waals surface area contributed by atoms with Crippen molar-refractivity contribution in [2.45, 2.75) is 19.5 Å². The smallest absolute Gasteiger partial charge is 0.146 e. The molecule has 0 aliphatic rings. The summed E-state index contributed by atoms with van der Waals surface area (Å²) in [6.45, 7) is 2.55. The van der Waals surface area contributed by atoms with E-state index >= 15 is 0 Å². The van der Waals surface area contributed by atoms with Gasteiger partial charge >= 0.3 is 0 Å². The van der Waals surface area contributed by atoms with Gasteiger partial charge < -0.3 is 5.32 Å². The van der Waals surface area contributed by atoms with E-state index in [-0.39, 0.29) is 11.9 Å². The van der Waals surface area contributed by atoms with E-state index in [1.807, 2.05) is 25.1 Å². The molecular weight excluding hydrogens is 255 g/mol. The van der Waals surface area contributed by atoms with Crippen LogP contribution in [0.3, 0.4) is 0 Å². The van der Waals surface area contributed by atoms with E-state index in [2.05, 4.69) is 20.5 Å². The first-order valence-electron chi connectivity index (χ1n) is 6.50. The molecule has 4 nitrogen and oxygen atoms in total. The summed E-state index contributed by atoms with van der Waals surface area (Å²) < 4.78 is 13.6. The molecule has 0 aliphatic carbocycles. The van der Waals surface area contributed by atoms with Crippen molar-refractivity contribution < 1.29 is 4.39 Å². The van der Waals surface area contributed by atoms with Gasteiger partial charge in [-0.1, -0.05) is 12.1 Å². The van der Waals surface area contributed by atoms with Crippen molar-refractivity contribution in [3.05, 3.63) is 59.8 Å². The van der Waals surface area contributed by atoms with E-state index in [0.717, 1.165) is 16.5 Å². The van der Waals surface area contributed by atoms with Gasteiger partial charge in [-0.3, -0.25) is 10.1 Å². The van der Waals surface area contributed by atoms with Gasteiger partial charge in [-0.15, -0.1) is 0 Å². The molecule has 0 spiro atoms. The van der Waals surface area contributed by atoms with Crippen LogP contribution in [0.25, 0.3) is 10.9 Å². The first kappa shape index (κ1) is 12.7. The van der Waals surface area contributed by atoms with E-state index < -0.39 is 0 Å². The number of rotatable bonds is 4. The molecule has 2 heterocycles. The summed E-state index contributed by atoms with van der Waals surface area (Å²) in [6, 6.07) is 8.97. The van der Waals surface area contributed by atoms with E-state index in [1.54, 1.807) is 18.5 Å². The Morgan fingerprint density at radius 2 is 2.25 bits per heavy atom. The Labute approximate surface area is 116 Å². The summed E-state index contributed by atoms with van der Waals surface area (Å²) in [6.07, 6.45) is 3.39. The topological polar surface area (TPSA) is 53.6 Å². The molecule has 1 unspecified atom stereocenters. The molecule has 5 heteroatoms.